The van der Waals surface area contributed by atoms with E-state index in [2.05, 4.69) is 0 Å². The van der Waals surface area contributed by atoms with Gasteiger partial charge in [0.05, 0.1) is 16.2 Å². The molecule has 0 unspecified atom stereocenters. The SMILES string of the molecule is [B]c1c([B])c([B])c2c(oc3c([B])c(B4OC(C)(C)C(C)(C)O4)c([B])c([B])c32)c1Cl. The Morgan fingerprint density at radius 3 is 1.69 bits per heavy atom. The molecule has 0 N–H and O–H groups in total. The fraction of sp³-hybridized carbons (Fsp3) is 0.333. The zero-order valence-electron chi connectivity index (χ0n) is 16.6. The Bertz CT molecular complexity index is 1190. The second-order valence-electron chi connectivity index (χ2n) is 8.31. The Labute approximate surface area is 183 Å². The summed E-state index contributed by atoms with van der Waals surface area (Å²) in [6.45, 7) is 7.70. The maximum Gasteiger partial charge on any atom is 0.493 e. The van der Waals surface area contributed by atoms with Crippen LogP contribution in [0.5, 0.6) is 0 Å². The summed E-state index contributed by atoms with van der Waals surface area (Å²) in [7, 11) is 36.5. The fourth-order valence-electron chi connectivity index (χ4n) is 3.57. The molecule has 4 rings (SSSR count). The largest absolute Gasteiger partial charge is 0.493 e. The first-order valence-electron chi connectivity index (χ1n) is 9.00. The minimum atomic E-state index is -0.831. The van der Waals surface area contributed by atoms with Gasteiger partial charge in [0, 0.05) is 10.8 Å². The van der Waals surface area contributed by atoms with Crippen molar-refractivity contribution < 1.29 is 13.7 Å². The molecule has 12 radical (unpaired) electrons. The van der Waals surface area contributed by atoms with E-state index < -0.39 is 18.3 Å². The molecule has 1 fully saturated rings. The topological polar surface area (TPSA) is 31.6 Å². The average molecular weight is 387 g/mol. The van der Waals surface area contributed by atoms with E-state index in [1.165, 1.54) is 0 Å². The van der Waals surface area contributed by atoms with E-state index >= 15 is 0 Å². The van der Waals surface area contributed by atoms with Gasteiger partial charge < -0.3 is 13.7 Å². The molecular weight excluding hydrogens is 375 g/mol. The van der Waals surface area contributed by atoms with E-state index in [1.807, 2.05) is 27.7 Å². The molecule has 0 spiro atoms. The molecule has 0 bridgehead atoms. The predicted molar refractivity (Wildman–Crippen MR) is 127 cm³/mol. The highest BCUT2D eigenvalue weighted by Crippen LogP contribution is 2.36. The highest BCUT2D eigenvalue weighted by Gasteiger charge is 2.52. The van der Waals surface area contributed by atoms with E-state index in [0.717, 1.165) is 0 Å². The number of fused-ring (bicyclic) bond motifs is 3. The van der Waals surface area contributed by atoms with Crippen LogP contribution in [0.15, 0.2) is 4.42 Å². The first kappa shape index (κ1) is 21.1. The summed E-state index contributed by atoms with van der Waals surface area (Å²) in [6, 6.07) is 0. The molecule has 2 aromatic carbocycles. The lowest BCUT2D eigenvalue weighted by Crippen LogP contribution is -2.57. The minimum absolute atomic E-state index is 0.118. The van der Waals surface area contributed by atoms with Gasteiger partial charge in [-0.25, -0.2) is 0 Å². The van der Waals surface area contributed by atoms with Gasteiger partial charge in [0.1, 0.15) is 52.7 Å². The summed E-state index contributed by atoms with van der Waals surface area (Å²) in [6.07, 6.45) is 0. The van der Waals surface area contributed by atoms with Crippen molar-refractivity contribution >= 4 is 126 Å². The van der Waals surface area contributed by atoms with Crippen molar-refractivity contribution in [2.75, 3.05) is 0 Å². The predicted octanol–water partition coefficient (Wildman–Crippen LogP) is -2.70. The van der Waals surface area contributed by atoms with E-state index in [-0.39, 0.29) is 49.0 Å². The van der Waals surface area contributed by atoms with Crippen LogP contribution < -0.4 is 38.2 Å². The second kappa shape index (κ2) is 6.45. The Kier molecular flexibility index (Phi) is 4.70. The molecule has 0 saturated carbocycles. The molecule has 11 heteroatoms. The molecule has 29 heavy (non-hydrogen) atoms. The molecule has 3 nitrogen and oxygen atoms in total. The maximum absolute atomic E-state index is 6.45. The highest BCUT2D eigenvalue weighted by atomic mass is 35.5. The van der Waals surface area contributed by atoms with Crippen molar-refractivity contribution in [3.05, 3.63) is 5.02 Å². The average Bonchev–Trinajstić information content (AvgIpc) is 3.12. The molecule has 1 saturated heterocycles. The van der Waals surface area contributed by atoms with Crippen molar-refractivity contribution in [2.24, 2.45) is 0 Å². The summed E-state index contributed by atoms with van der Waals surface area (Å²) in [5, 5.41) is 0.951. The Balaban J connectivity index is 2.08. The molecule has 1 aliphatic heterocycles. The fourth-order valence-corrected chi connectivity index (χ4v) is 3.81. The summed E-state index contributed by atoms with van der Waals surface area (Å²) >= 11 is 6.34. The molecule has 130 valence electrons. The van der Waals surface area contributed by atoms with Crippen LogP contribution in [0.3, 0.4) is 0 Å². The van der Waals surface area contributed by atoms with E-state index in [1.54, 1.807) is 0 Å². The summed E-state index contributed by atoms with van der Waals surface area (Å²) in [4.78, 5) is 0. The molecule has 0 amide bonds. The van der Waals surface area contributed by atoms with Crippen molar-refractivity contribution in [3.8, 4) is 0 Å². The lowest BCUT2D eigenvalue weighted by Gasteiger charge is -2.32. The van der Waals surface area contributed by atoms with E-state index in [0.29, 0.717) is 16.2 Å². The number of hydrogen-bond donors (Lipinski definition) is 0. The zero-order valence-corrected chi connectivity index (χ0v) is 17.4. The number of furan rings is 1. The van der Waals surface area contributed by atoms with Gasteiger partial charge in [0.25, 0.3) is 0 Å². The van der Waals surface area contributed by atoms with E-state index in [9.17, 15) is 0 Å². The number of hydrogen-bond acceptors (Lipinski definition) is 3. The molecule has 0 aliphatic carbocycles. The van der Waals surface area contributed by atoms with Crippen molar-refractivity contribution in [1.29, 1.82) is 0 Å². The van der Waals surface area contributed by atoms with Gasteiger partial charge >= 0.3 is 7.12 Å². The number of benzene rings is 2. The van der Waals surface area contributed by atoms with Crippen LogP contribution in [0.25, 0.3) is 21.9 Å². The first-order chi connectivity index (χ1) is 13.3. The van der Waals surface area contributed by atoms with Crippen LogP contribution in [-0.2, 0) is 9.31 Å². The quantitative estimate of drug-likeness (QED) is 0.426. The van der Waals surface area contributed by atoms with Crippen LogP contribution in [0.1, 0.15) is 27.7 Å². The van der Waals surface area contributed by atoms with Gasteiger partial charge in [-0.1, -0.05) is 33.5 Å². The molecule has 3 aromatic rings. The standard InChI is InChI=1S/C18H12B7ClO3/c1-17(2)18(3,4)29-25(28-17)13-10(22)8(20)5-6-7(19)9(21)11(23)14(26)16(6)27-15(5)12(13)24/h1-4H3. The molecule has 0 atom stereocenters. The van der Waals surface area contributed by atoms with Crippen LogP contribution in [0.2, 0.25) is 5.02 Å². The summed E-state index contributed by atoms with van der Waals surface area (Å²) in [5.41, 5.74) is 0.780. The van der Waals surface area contributed by atoms with E-state index in [4.69, 9.17) is 72.4 Å². The normalized spacial score (nSPS) is 18.2. The van der Waals surface area contributed by atoms with Crippen molar-refractivity contribution in [1.82, 2.24) is 0 Å². The first-order valence-corrected chi connectivity index (χ1v) is 9.38. The van der Waals surface area contributed by atoms with Gasteiger partial charge in [0.2, 0.25) is 0 Å². The number of rotatable bonds is 1. The maximum atomic E-state index is 6.45. The zero-order chi connectivity index (χ0) is 21.6. The van der Waals surface area contributed by atoms with Crippen molar-refractivity contribution in [3.63, 3.8) is 0 Å². The third-order valence-corrected chi connectivity index (χ3v) is 6.44. The Morgan fingerprint density at radius 1 is 0.655 bits per heavy atom. The highest BCUT2D eigenvalue weighted by molar-refractivity contribution is 6.77. The van der Waals surface area contributed by atoms with Gasteiger partial charge in [0.15, 0.2) is 5.58 Å². The third-order valence-electron chi connectivity index (χ3n) is 6.07. The van der Waals surface area contributed by atoms with Gasteiger partial charge in [-0.2, -0.15) is 0 Å². The third kappa shape index (κ3) is 2.75. The van der Waals surface area contributed by atoms with Gasteiger partial charge in [-0.15, -0.1) is 10.9 Å². The smallest absolute Gasteiger partial charge is 0.455 e. The van der Waals surface area contributed by atoms with Crippen LogP contribution in [0.4, 0.5) is 0 Å². The van der Waals surface area contributed by atoms with Crippen LogP contribution in [0, 0.1) is 0 Å². The number of halogens is 1. The lowest BCUT2D eigenvalue weighted by atomic mass is 9.60. The lowest BCUT2D eigenvalue weighted by molar-refractivity contribution is 0.00578. The summed E-state index contributed by atoms with van der Waals surface area (Å²) in [5.74, 6) is 0. The molecule has 1 aromatic heterocycles. The molecule has 2 heterocycles. The van der Waals surface area contributed by atoms with Gasteiger partial charge in [-0.05, 0) is 33.2 Å². The van der Waals surface area contributed by atoms with Crippen LogP contribution >= 0.6 is 11.6 Å². The molecular formula is C18H12B7ClO3. The van der Waals surface area contributed by atoms with Gasteiger partial charge in [-0.3, -0.25) is 0 Å². The minimum Gasteiger partial charge on any atom is -0.455 e. The Hall–Kier alpha value is -1.10. The van der Waals surface area contributed by atoms with Crippen LogP contribution in [-0.4, -0.2) is 65.4 Å². The Morgan fingerprint density at radius 2 is 1.14 bits per heavy atom. The van der Waals surface area contributed by atoms with Crippen molar-refractivity contribution in [2.45, 2.75) is 38.9 Å². The molecule has 1 aliphatic rings. The summed E-state index contributed by atoms with van der Waals surface area (Å²) < 4.78 is 18.2. The second-order valence-corrected chi connectivity index (χ2v) is 8.69. The monoisotopic (exact) mass is 388 g/mol.